The van der Waals surface area contributed by atoms with Gasteiger partial charge >= 0.3 is 5.97 Å². The van der Waals surface area contributed by atoms with E-state index in [1.807, 2.05) is 30.5 Å². The first kappa shape index (κ1) is 21.9. The summed E-state index contributed by atoms with van der Waals surface area (Å²) >= 11 is 7.61. The predicted molar refractivity (Wildman–Crippen MR) is 124 cm³/mol. The molecule has 31 heavy (non-hydrogen) atoms. The van der Waals surface area contributed by atoms with Crippen molar-refractivity contribution >= 4 is 29.3 Å². The Labute approximate surface area is 191 Å². The molecule has 4 rings (SSSR count). The molecule has 0 fully saturated rings. The maximum atomic E-state index is 13.8. The van der Waals surface area contributed by atoms with E-state index in [9.17, 15) is 9.18 Å². The predicted octanol–water partition coefficient (Wildman–Crippen LogP) is 6.21. The van der Waals surface area contributed by atoms with Crippen LogP contribution in [0.5, 0.6) is 0 Å². The first-order chi connectivity index (χ1) is 15.0. The highest BCUT2D eigenvalue weighted by atomic mass is 35.5. The monoisotopic (exact) mass is 455 g/mol. The minimum absolute atomic E-state index is 0.0888. The smallest absolute Gasteiger partial charge is 0.339 e. The van der Waals surface area contributed by atoms with Crippen LogP contribution in [-0.2, 0) is 24.2 Å². The van der Waals surface area contributed by atoms with Crippen LogP contribution in [0, 0.1) is 5.82 Å². The maximum Gasteiger partial charge on any atom is 0.339 e. The molecule has 160 valence electrons. The van der Waals surface area contributed by atoms with E-state index in [0.29, 0.717) is 12.1 Å². The van der Waals surface area contributed by atoms with Gasteiger partial charge in [0.05, 0.1) is 17.7 Å². The molecule has 1 aliphatic heterocycles. The summed E-state index contributed by atoms with van der Waals surface area (Å²) in [5.74, 6) is -0.762. The van der Waals surface area contributed by atoms with Crippen molar-refractivity contribution in [3.05, 3.63) is 87.7 Å². The average molecular weight is 456 g/mol. The van der Waals surface area contributed by atoms with Crippen molar-refractivity contribution in [2.24, 2.45) is 0 Å². The van der Waals surface area contributed by atoms with Crippen LogP contribution < -0.4 is 0 Å². The number of esters is 1. The molecule has 0 aliphatic carbocycles. The van der Waals surface area contributed by atoms with E-state index in [2.05, 4.69) is 17.0 Å². The van der Waals surface area contributed by atoms with Crippen molar-refractivity contribution in [1.29, 1.82) is 0 Å². The van der Waals surface area contributed by atoms with Crippen LogP contribution >= 0.6 is 23.4 Å². The molecule has 1 aliphatic rings. The molecule has 0 amide bonds. The van der Waals surface area contributed by atoms with Crippen molar-refractivity contribution in [3.63, 3.8) is 0 Å². The zero-order chi connectivity index (χ0) is 22.0. The molecule has 3 aromatic carbocycles. The SMILES string of the molecule is COC(=O)c1c(SC)cc(-c2ccc(F)c(Cl)c2)c2c1CCN(Cc1ccccc1)C2. The topological polar surface area (TPSA) is 29.5 Å². The van der Waals surface area contributed by atoms with Crippen LogP contribution in [0.1, 0.15) is 27.0 Å². The van der Waals surface area contributed by atoms with Gasteiger partial charge in [-0.3, -0.25) is 4.90 Å². The highest BCUT2D eigenvalue weighted by molar-refractivity contribution is 7.98. The van der Waals surface area contributed by atoms with E-state index >= 15 is 0 Å². The van der Waals surface area contributed by atoms with Gasteiger partial charge < -0.3 is 4.74 Å². The maximum absolute atomic E-state index is 13.8. The molecular formula is C25H23ClFNO2S. The van der Waals surface area contributed by atoms with E-state index in [1.54, 1.807) is 12.1 Å². The number of rotatable bonds is 5. The van der Waals surface area contributed by atoms with Crippen LogP contribution in [-0.4, -0.2) is 30.8 Å². The zero-order valence-corrected chi connectivity index (χ0v) is 19.0. The van der Waals surface area contributed by atoms with Crippen LogP contribution in [0.25, 0.3) is 11.1 Å². The van der Waals surface area contributed by atoms with Gasteiger partial charge in [-0.2, -0.15) is 0 Å². The molecule has 0 saturated carbocycles. The van der Waals surface area contributed by atoms with Crippen molar-refractivity contribution in [1.82, 2.24) is 4.90 Å². The summed E-state index contributed by atoms with van der Waals surface area (Å²) in [5.41, 5.74) is 5.79. The van der Waals surface area contributed by atoms with Crippen LogP contribution in [0.15, 0.2) is 59.5 Å². The molecule has 0 aromatic heterocycles. The summed E-state index contributed by atoms with van der Waals surface area (Å²) in [5, 5.41) is 0.0888. The number of fused-ring (bicyclic) bond motifs is 1. The Bertz CT molecular complexity index is 1120. The summed E-state index contributed by atoms with van der Waals surface area (Å²) in [4.78, 5) is 15.9. The lowest BCUT2D eigenvalue weighted by Gasteiger charge is -2.32. The molecular weight excluding hydrogens is 433 g/mol. The molecule has 0 atom stereocenters. The summed E-state index contributed by atoms with van der Waals surface area (Å²) < 4.78 is 18.9. The van der Waals surface area contributed by atoms with E-state index in [0.717, 1.165) is 46.7 Å². The second kappa shape index (κ2) is 9.43. The summed E-state index contributed by atoms with van der Waals surface area (Å²) in [7, 11) is 1.41. The van der Waals surface area contributed by atoms with Crippen molar-refractivity contribution in [2.45, 2.75) is 24.4 Å². The summed E-state index contributed by atoms with van der Waals surface area (Å²) in [6.45, 7) is 2.35. The number of thioether (sulfide) groups is 1. The largest absolute Gasteiger partial charge is 0.465 e. The van der Waals surface area contributed by atoms with Gasteiger partial charge in [0.2, 0.25) is 0 Å². The molecule has 3 nitrogen and oxygen atoms in total. The Morgan fingerprint density at radius 3 is 2.61 bits per heavy atom. The fourth-order valence-corrected chi connectivity index (χ4v) is 4.99. The van der Waals surface area contributed by atoms with Crippen molar-refractivity contribution in [3.8, 4) is 11.1 Å². The number of hydrogen-bond acceptors (Lipinski definition) is 4. The van der Waals surface area contributed by atoms with Gasteiger partial charge in [-0.25, -0.2) is 9.18 Å². The number of carbonyl (C=O) groups excluding carboxylic acids is 1. The molecule has 6 heteroatoms. The number of methoxy groups -OCH3 is 1. The first-order valence-corrected chi connectivity index (χ1v) is 11.6. The van der Waals surface area contributed by atoms with E-state index in [4.69, 9.17) is 16.3 Å². The number of carbonyl (C=O) groups is 1. The first-order valence-electron chi connectivity index (χ1n) is 10.0. The molecule has 0 N–H and O–H groups in total. The third-order valence-electron chi connectivity index (χ3n) is 5.66. The molecule has 0 unspecified atom stereocenters. The Kier molecular flexibility index (Phi) is 6.65. The van der Waals surface area contributed by atoms with Crippen LogP contribution in [0.2, 0.25) is 5.02 Å². The average Bonchev–Trinajstić information content (AvgIpc) is 2.80. The Hall–Kier alpha value is -2.34. The van der Waals surface area contributed by atoms with Crippen molar-refractivity contribution in [2.75, 3.05) is 19.9 Å². The quantitative estimate of drug-likeness (QED) is 0.337. The van der Waals surface area contributed by atoms with Crippen LogP contribution in [0.4, 0.5) is 4.39 Å². The minimum Gasteiger partial charge on any atom is -0.465 e. The highest BCUT2D eigenvalue weighted by Gasteiger charge is 2.28. The lowest BCUT2D eigenvalue weighted by molar-refractivity contribution is 0.0594. The molecule has 0 spiro atoms. The number of hydrogen-bond donors (Lipinski definition) is 0. The third kappa shape index (κ3) is 4.49. The Balaban J connectivity index is 1.83. The second-order valence-corrected chi connectivity index (χ2v) is 8.78. The van der Waals surface area contributed by atoms with Gasteiger partial charge in [0.15, 0.2) is 0 Å². The van der Waals surface area contributed by atoms with Gasteiger partial charge in [-0.1, -0.05) is 48.0 Å². The zero-order valence-electron chi connectivity index (χ0n) is 17.5. The van der Waals surface area contributed by atoms with E-state index < -0.39 is 5.82 Å². The molecule has 0 saturated heterocycles. The second-order valence-electron chi connectivity index (χ2n) is 7.53. The normalized spacial score (nSPS) is 13.7. The fraction of sp³-hybridized carbons (Fsp3) is 0.240. The summed E-state index contributed by atoms with van der Waals surface area (Å²) in [6, 6.07) is 17.1. The molecule has 3 aromatic rings. The molecule has 1 heterocycles. The van der Waals surface area contributed by atoms with E-state index in [-0.39, 0.29) is 11.0 Å². The van der Waals surface area contributed by atoms with E-state index in [1.165, 1.54) is 30.5 Å². The van der Waals surface area contributed by atoms with Crippen LogP contribution in [0.3, 0.4) is 0 Å². The lowest BCUT2D eigenvalue weighted by Crippen LogP contribution is -2.32. The lowest BCUT2D eigenvalue weighted by atomic mass is 9.87. The highest BCUT2D eigenvalue weighted by Crippen LogP contribution is 2.39. The number of benzene rings is 3. The Morgan fingerprint density at radius 2 is 1.94 bits per heavy atom. The fourth-order valence-electron chi connectivity index (χ4n) is 4.17. The molecule has 0 bridgehead atoms. The number of halogens is 2. The summed E-state index contributed by atoms with van der Waals surface area (Å²) in [6.07, 6.45) is 2.68. The minimum atomic E-state index is -0.443. The third-order valence-corrected chi connectivity index (χ3v) is 6.71. The van der Waals surface area contributed by atoms with Gasteiger partial charge in [0, 0.05) is 24.5 Å². The number of nitrogens with zero attached hydrogens (tertiary/aromatic N) is 1. The van der Waals surface area contributed by atoms with Crippen molar-refractivity contribution < 1.29 is 13.9 Å². The standard InChI is InChI=1S/C25H23ClFNO2S/c1-30-25(29)24-18-10-11-28(14-16-6-4-3-5-7-16)15-20(18)19(13-23(24)31-2)17-8-9-22(27)21(26)12-17/h3-9,12-13H,10-11,14-15H2,1-2H3. The van der Waals surface area contributed by atoms with Gasteiger partial charge in [0.1, 0.15) is 5.82 Å². The number of ether oxygens (including phenoxy) is 1. The van der Waals surface area contributed by atoms with Gasteiger partial charge in [-0.15, -0.1) is 11.8 Å². The molecule has 0 radical (unpaired) electrons. The van der Waals surface area contributed by atoms with Gasteiger partial charge in [-0.05, 0) is 58.7 Å². The van der Waals surface area contributed by atoms with Gasteiger partial charge in [0.25, 0.3) is 0 Å². The Morgan fingerprint density at radius 1 is 1.16 bits per heavy atom.